The molecule has 1 aliphatic carbocycles. The summed E-state index contributed by atoms with van der Waals surface area (Å²) in [6, 6.07) is 5.64. The molecule has 0 spiro atoms. The van der Waals surface area contributed by atoms with Crippen LogP contribution in [0.1, 0.15) is 56.3 Å². The van der Waals surface area contributed by atoms with E-state index in [1.165, 1.54) is 32.3 Å². The van der Waals surface area contributed by atoms with Gasteiger partial charge in [-0.15, -0.1) is 0 Å². The normalized spacial score (nSPS) is 15.8. The van der Waals surface area contributed by atoms with E-state index in [1.54, 1.807) is 24.3 Å². The Morgan fingerprint density at radius 3 is 2.61 bits per heavy atom. The fraction of sp³-hybridized carbons (Fsp3) is 0.476. The monoisotopic (exact) mass is 406 g/mol. The first kappa shape index (κ1) is 22.0. The summed E-state index contributed by atoms with van der Waals surface area (Å²) >= 11 is 5.98. The van der Waals surface area contributed by atoms with Crippen LogP contribution in [0.2, 0.25) is 5.02 Å². The number of halogens is 1. The molecular formula is C21H27ClN2O4. The SMILES string of the molecule is C[C@H](NC(=O)c1ccccc1Cl)C(=O)O[C@H](C)C(=O)NCCC1=CCCCC1. The highest BCUT2D eigenvalue weighted by Crippen LogP contribution is 2.19. The number of allylic oxidation sites excluding steroid dienone is 1. The quantitative estimate of drug-likeness (QED) is 0.512. The Labute approximate surface area is 170 Å². The molecule has 6 nitrogen and oxygen atoms in total. The zero-order chi connectivity index (χ0) is 20.5. The largest absolute Gasteiger partial charge is 0.451 e. The van der Waals surface area contributed by atoms with Gasteiger partial charge in [0.05, 0.1) is 10.6 Å². The lowest BCUT2D eigenvalue weighted by Gasteiger charge is -2.18. The van der Waals surface area contributed by atoms with Crippen molar-refractivity contribution in [3.05, 3.63) is 46.5 Å². The van der Waals surface area contributed by atoms with E-state index in [1.807, 2.05) is 0 Å². The fourth-order valence-electron chi connectivity index (χ4n) is 2.93. The number of ether oxygens (including phenoxy) is 1. The Morgan fingerprint density at radius 2 is 1.93 bits per heavy atom. The van der Waals surface area contributed by atoms with Gasteiger partial charge in [-0.3, -0.25) is 9.59 Å². The predicted octanol–water partition coefficient (Wildman–Crippen LogP) is 3.40. The molecule has 1 aromatic rings. The smallest absolute Gasteiger partial charge is 0.329 e. The summed E-state index contributed by atoms with van der Waals surface area (Å²) in [7, 11) is 0. The van der Waals surface area contributed by atoms with Crippen molar-refractivity contribution in [3.63, 3.8) is 0 Å². The van der Waals surface area contributed by atoms with Crippen molar-refractivity contribution in [2.24, 2.45) is 0 Å². The summed E-state index contributed by atoms with van der Waals surface area (Å²) in [6.45, 7) is 3.53. The zero-order valence-corrected chi connectivity index (χ0v) is 17.1. The lowest BCUT2D eigenvalue weighted by atomic mass is 9.97. The number of hydrogen-bond donors (Lipinski definition) is 2. The number of hydrogen-bond acceptors (Lipinski definition) is 4. The number of carbonyl (C=O) groups excluding carboxylic acids is 3. The molecule has 0 aliphatic heterocycles. The number of amides is 2. The van der Waals surface area contributed by atoms with Crippen molar-refractivity contribution in [2.75, 3.05) is 6.54 Å². The van der Waals surface area contributed by atoms with Crippen molar-refractivity contribution in [3.8, 4) is 0 Å². The molecule has 0 heterocycles. The van der Waals surface area contributed by atoms with Gasteiger partial charge in [0.15, 0.2) is 6.10 Å². The fourth-order valence-corrected chi connectivity index (χ4v) is 3.15. The van der Waals surface area contributed by atoms with Gasteiger partial charge in [0.2, 0.25) is 0 Å². The first-order valence-corrected chi connectivity index (χ1v) is 9.97. The highest BCUT2D eigenvalue weighted by Gasteiger charge is 2.24. The van der Waals surface area contributed by atoms with Crippen LogP contribution in [0.25, 0.3) is 0 Å². The topological polar surface area (TPSA) is 84.5 Å². The van der Waals surface area contributed by atoms with Crippen molar-refractivity contribution in [1.82, 2.24) is 10.6 Å². The molecule has 0 radical (unpaired) electrons. The van der Waals surface area contributed by atoms with Crippen LogP contribution >= 0.6 is 11.6 Å². The molecule has 2 amide bonds. The highest BCUT2D eigenvalue weighted by molar-refractivity contribution is 6.33. The van der Waals surface area contributed by atoms with E-state index in [4.69, 9.17) is 16.3 Å². The average Bonchev–Trinajstić information content (AvgIpc) is 2.68. The van der Waals surface area contributed by atoms with Crippen LogP contribution in [0.4, 0.5) is 0 Å². The Kier molecular flexibility index (Phi) is 8.51. The molecule has 7 heteroatoms. The maximum Gasteiger partial charge on any atom is 0.329 e. The van der Waals surface area contributed by atoms with E-state index in [9.17, 15) is 14.4 Å². The van der Waals surface area contributed by atoms with E-state index in [-0.39, 0.29) is 11.5 Å². The Bertz CT molecular complexity index is 748. The van der Waals surface area contributed by atoms with Gasteiger partial charge in [-0.05, 0) is 58.1 Å². The molecule has 0 fully saturated rings. The van der Waals surface area contributed by atoms with Crippen LogP contribution in [-0.2, 0) is 14.3 Å². The predicted molar refractivity (Wildman–Crippen MR) is 108 cm³/mol. The number of esters is 1. The summed E-state index contributed by atoms with van der Waals surface area (Å²) in [4.78, 5) is 36.5. The summed E-state index contributed by atoms with van der Waals surface area (Å²) in [5.74, 6) is -1.51. The number of nitrogens with one attached hydrogen (secondary N) is 2. The molecule has 0 bridgehead atoms. The van der Waals surface area contributed by atoms with Crippen LogP contribution in [0.5, 0.6) is 0 Å². The van der Waals surface area contributed by atoms with E-state index in [0.29, 0.717) is 11.6 Å². The molecule has 152 valence electrons. The third-order valence-electron chi connectivity index (χ3n) is 4.61. The number of benzene rings is 1. The van der Waals surface area contributed by atoms with Crippen LogP contribution in [0.15, 0.2) is 35.9 Å². The molecule has 0 saturated carbocycles. The molecule has 1 aromatic carbocycles. The first-order valence-electron chi connectivity index (χ1n) is 9.60. The molecule has 2 N–H and O–H groups in total. The maximum atomic E-state index is 12.2. The van der Waals surface area contributed by atoms with E-state index < -0.39 is 24.0 Å². The zero-order valence-electron chi connectivity index (χ0n) is 16.3. The van der Waals surface area contributed by atoms with Gasteiger partial charge in [-0.2, -0.15) is 0 Å². The van der Waals surface area contributed by atoms with Gasteiger partial charge in [0.1, 0.15) is 6.04 Å². The van der Waals surface area contributed by atoms with Crippen molar-refractivity contribution in [1.29, 1.82) is 0 Å². The molecule has 0 unspecified atom stereocenters. The van der Waals surface area contributed by atoms with Gasteiger partial charge in [0.25, 0.3) is 11.8 Å². The second-order valence-corrected chi connectivity index (χ2v) is 7.31. The van der Waals surface area contributed by atoms with E-state index >= 15 is 0 Å². The second kappa shape index (κ2) is 10.9. The second-order valence-electron chi connectivity index (χ2n) is 6.90. The lowest BCUT2D eigenvalue weighted by Crippen LogP contribution is -2.43. The molecule has 28 heavy (non-hydrogen) atoms. The molecule has 0 saturated heterocycles. The van der Waals surface area contributed by atoms with Gasteiger partial charge in [0, 0.05) is 6.54 Å². The van der Waals surface area contributed by atoms with Crippen molar-refractivity contribution >= 4 is 29.4 Å². The summed E-state index contributed by atoms with van der Waals surface area (Å²) < 4.78 is 5.17. The van der Waals surface area contributed by atoms with Crippen molar-refractivity contribution < 1.29 is 19.1 Å². The van der Waals surface area contributed by atoms with Crippen LogP contribution in [0.3, 0.4) is 0 Å². The van der Waals surface area contributed by atoms with Crippen molar-refractivity contribution in [2.45, 2.75) is 58.1 Å². The highest BCUT2D eigenvalue weighted by atomic mass is 35.5. The van der Waals surface area contributed by atoms with Crippen LogP contribution in [-0.4, -0.2) is 36.5 Å². The minimum Gasteiger partial charge on any atom is -0.451 e. The Hall–Kier alpha value is -2.34. The van der Waals surface area contributed by atoms with Gasteiger partial charge >= 0.3 is 5.97 Å². The minimum absolute atomic E-state index is 0.270. The summed E-state index contributed by atoms with van der Waals surface area (Å²) in [6.07, 6.45) is 6.74. The summed E-state index contributed by atoms with van der Waals surface area (Å²) in [5.41, 5.74) is 1.64. The van der Waals surface area contributed by atoms with Gasteiger partial charge in [-0.1, -0.05) is 35.4 Å². The van der Waals surface area contributed by atoms with Gasteiger partial charge < -0.3 is 15.4 Å². The number of carbonyl (C=O) groups is 3. The first-order chi connectivity index (χ1) is 13.4. The molecule has 2 rings (SSSR count). The lowest BCUT2D eigenvalue weighted by molar-refractivity contribution is -0.156. The molecule has 0 aromatic heterocycles. The molecule has 2 atom stereocenters. The van der Waals surface area contributed by atoms with Crippen LogP contribution < -0.4 is 10.6 Å². The standard InChI is InChI=1S/C21H27ClN2O4/c1-14(24-20(26)17-10-6-7-11-18(17)22)21(27)28-15(2)19(25)23-13-12-16-8-4-3-5-9-16/h6-8,10-11,14-15H,3-5,9,12-13H2,1-2H3,(H,23,25)(H,24,26)/t14-,15+/m0/s1. The van der Waals surface area contributed by atoms with E-state index in [0.717, 1.165) is 19.3 Å². The molecular weight excluding hydrogens is 380 g/mol. The minimum atomic E-state index is -0.937. The Balaban J connectivity index is 1.75. The van der Waals surface area contributed by atoms with Gasteiger partial charge in [-0.25, -0.2) is 4.79 Å². The third kappa shape index (κ3) is 6.68. The van der Waals surface area contributed by atoms with E-state index in [2.05, 4.69) is 16.7 Å². The number of rotatable bonds is 8. The van der Waals surface area contributed by atoms with Crippen LogP contribution in [0, 0.1) is 0 Å². The molecule has 1 aliphatic rings. The third-order valence-corrected chi connectivity index (χ3v) is 4.94. The maximum absolute atomic E-state index is 12.2. The Morgan fingerprint density at radius 1 is 1.18 bits per heavy atom. The summed E-state index contributed by atoms with van der Waals surface area (Å²) in [5, 5.41) is 5.61. The average molecular weight is 407 g/mol.